The first-order valence-electron chi connectivity index (χ1n) is 6.30. The molecule has 1 N–H and O–H groups in total. The van der Waals surface area contributed by atoms with Gasteiger partial charge in [-0.05, 0) is 46.5 Å². The SMILES string of the molecule is Cc1cc(S(=O)(=O)NC(CBr)Cc2ccccc2)sc1Br. The molecule has 3 nitrogen and oxygen atoms in total. The molecule has 0 spiro atoms. The van der Waals surface area contributed by atoms with E-state index in [0.717, 1.165) is 14.9 Å². The minimum atomic E-state index is -3.48. The fraction of sp³-hybridized carbons (Fsp3) is 0.286. The number of benzene rings is 1. The van der Waals surface area contributed by atoms with Gasteiger partial charge in [0.2, 0.25) is 10.0 Å². The van der Waals surface area contributed by atoms with Gasteiger partial charge in [-0.15, -0.1) is 11.3 Å². The maximum Gasteiger partial charge on any atom is 0.250 e. The van der Waals surface area contributed by atoms with Gasteiger partial charge in [0, 0.05) is 11.4 Å². The quantitative estimate of drug-likeness (QED) is 0.670. The van der Waals surface area contributed by atoms with Crippen LogP contribution in [0.1, 0.15) is 11.1 Å². The van der Waals surface area contributed by atoms with Crippen molar-refractivity contribution in [3.63, 3.8) is 0 Å². The zero-order valence-electron chi connectivity index (χ0n) is 11.3. The van der Waals surface area contributed by atoms with Gasteiger partial charge in [0.1, 0.15) is 4.21 Å². The Morgan fingerprint density at radius 3 is 2.48 bits per heavy atom. The third-order valence-corrected chi connectivity index (χ3v) is 7.84. The van der Waals surface area contributed by atoms with E-state index in [1.165, 1.54) is 11.3 Å². The normalized spacial score (nSPS) is 13.3. The Morgan fingerprint density at radius 2 is 1.95 bits per heavy atom. The van der Waals surface area contributed by atoms with Gasteiger partial charge in [-0.25, -0.2) is 13.1 Å². The lowest BCUT2D eigenvalue weighted by atomic mass is 10.1. The van der Waals surface area contributed by atoms with Crippen LogP contribution in [0.2, 0.25) is 0 Å². The van der Waals surface area contributed by atoms with Crippen LogP contribution in [0.25, 0.3) is 0 Å². The summed E-state index contributed by atoms with van der Waals surface area (Å²) in [7, 11) is -3.48. The molecule has 1 aromatic carbocycles. The first kappa shape index (κ1) is 17.1. The van der Waals surface area contributed by atoms with Crippen molar-refractivity contribution < 1.29 is 8.42 Å². The molecule has 1 unspecified atom stereocenters. The van der Waals surface area contributed by atoms with E-state index in [4.69, 9.17) is 0 Å². The molecule has 0 amide bonds. The van der Waals surface area contributed by atoms with Crippen LogP contribution in [0.3, 0.4) is 0 Å². The highest BCUT2D eigenvalue weighted by atomic mass is 79.9. The van der Waals surface area contributed by atoms with Crippen LogP contribution in [0, 0.1) is 6.92 Å². The minimum Gasteiger partial charge on any atom is -0.206 e. The van der Waals surface area contributed by atoms with Crippen molar-refractivity contribution >= 4 is 53.2 Å². The summed E-state index contributed by atoms with van der Waals surface area (Å²) in [5.41, 5.74) is 2.03. The molecule has 0 aliphatic rings. The molecular weight excluding hydrogens is 438 g/mol. The highest BCUT2D eigenvalue weighted by molar-refractivity contribution is 9.11. The van der Waals surface area contributed by atoms with Crippen LogP contribution in [0.15, 0.2) is 44.4 Å². The van der Waals surface area contributed by atoms with Crippen molar-refractivity contribution in [1.29, 1.82) is 0 Å². The molecule has 2 rings (SSSR count). The van der Waals surface area contributed by atoms with Gasteiger partial charge in [0.25, 0.3) is 0 Å². The zero-order chi connectivity index (χ0) is 15.5. The molecule has 21 heavy (non-hydrogen) atoms. The van der Waals surface area contributed by atoms with E-state index in [9.17, 15) is 8.42 Å². The van der Waals surface area contributed by atoms with Crippen LogP contribution >= 0.6 is 43.2 Å². The highest BCUT2D eigenvalue weighted by Gasteiger charge is 2.22. The van der Waals surface area contributed by atoms with Crippen molar-refractivity contribution in [3.05, 3.63) is 51.3 Å². The number of rotatable bonds is 6. The van der Waals surface area contributed by atoms with Crippen LogP contribution in [0.5, 0.6) is 0 Å². The third kappa shape index (κ3) is 4.63. The summed E-state index contributed by atoms with van der Waals surface area (Å²) in [6.45, 7) is 1.88. The van der Waals surface area contributed by atoms with Gasteiger partial charge in [-0.3, -0.25) is 0 Å². The maximum atomic E-state index is 12.4. The van der Waals surface area contributed by atoms with Crippen LogP contribution < -0.4 is 4.72 Å². The van der Waals surface area contributed by atoms with Gasteiger partial charge in [-0.2, -0.15) is 0 Å². The second kappa shape index (κ2) is 7.37. The zero-order valence-corrected chi connectivity index (χ0v) is 16.1. The van der Waals surface area contributed by atoms with E-state index in [1.807, 2.05) is 37.3 Å². The lowest BCUT2D eigenvalue weighted by Gasteiger charge is -2.15. The lowest BCUT2D eigenvalue weighted by molar-refractivity contribution is 0.564. The molecule has 114 valence electrons. The molecule has 1 aromatic heterocycles. The predicted octanol–water partition coefficient (Wildman–Crippen LogP) is 4.10. The fourth-order valence-corrected chi connectivity index (χ4v) is 5.95. The molecule has 0 saturated carbocycles. The molecular formula is C14H15Br2NO2S2. The Hall–Kier alpha value is -0.210. The van der Waals surface area contributed by atoms with Gasteiger partial charge < -0.3 is 0 Å². The van der Waals surface area contributed by atoms with Crippen LogP contribution in [0.4, 0.5) is 0 Å². The van der Waals surface area contributed by atoms with E-state index in [-0.39, 0.29) is 6.04 Å². The average Bonchev–Trinajstić information content (AvgIpc) is 2.80. The summed E-state index contributed by atoms with van der Waals surface area (Å²) in [6, 6.07) is 11.3. The molecule has 0 bridgehead atoms. The molecule has 0 saturated heterocycles. The number of nitrogens with one attached hydrogen (secondary N) is 1. The number of alkyl halides is 1. The van der Waals surface area contributed by atoms with Crippen LogP contribution in [-0.2, 0) is 16.4 Å². The summed E-state index contributed by atoms with van der Waals surface area (Å²) >= 11 is 7.98. The largest absolute Gasteiger partial charge is 0.250 e. The Labute approximate surface area is 146 Å². The predicted molar refractivity (Wildman–Crippen MR) is 94.8 cm³/mol. The van der Waals surface area contributed by atoms with E-state index in [0.29, 0.717) is 16.0 Å². The van der Waals surface area contributed by atoms with E-state index < -0.39 is 10.0 Å². The average molecular weight is 453 g/mol. The van der Waals surface area contributed by atoms with Gasteiger partial charge in [-0.1, -0.05) is 46.3 Å². The monoisotopic (exact) mass is 451 g/mol. The molecule has 1 atom stereocenters. The molecule has 0 aliphatic heterocycles. The van der Waals surface area contributed by atoms with Gasteiger partial charge in [0.05, 0.1) is 3.79 Å². The Balaban J connectivity index is 2.14. The number of halogens is 2. The first-order valence-corrected chi connectivity index (χ1v) is 10.5. The van der Waals surface area contributed by atoms with E-state index >= 15 is 0 Å². The highest BCUT2D eigenvalue weighted by Crippen LogP contribution is 2.30. The number of sulfonamides is 1. The van der Waals surface area contributed by atoms with Crippen molar-refractivity contribution in [2.24, 2.45) is 0 Å². The van der Waals surface area contributed by atoms with E-state index in [2.05, 4.69) is 36.6 Å². The molecule has 7 heteroatoms. The standard InChI is InChI=1S/C14H15Br2NO2S2/c1-10-7-13(20-14(10)16)21(18,19)17-12(9-15)8-11-5-3-2-4-6-11/h2-7,12,17H,8-9H2,1H3. The van der Waals surface area contributed by atoms with Crippen molar-refractivity contribution in [2.45, 2.75) is 23.6 Å². The van der Waals surface area contributed by atoms with Crippen molar-refractivity contribution in [2.75, 3.05) is 5.33 Å². The minimum absolute atomic E-state index is 0.182. The second-order valence-electron chi connectivity index (χ2n) is 4.68. The topological polar surface area (TPSA) is 46.2 Å². The smallest absolute Gasteiger partial charge is 0.206 e. The van der Waals surface area contributed by atoms with E-state index in [1.54, 1.807) is 6.07 Å². The third-order valence-electron chi connectivity index (χ3n) is 2.93. The molecule has 2 aromatic rings. The Kier molecular flexibility index (Phi) is 6.02. The number of hydrogen-bond donors (Lipinski definition) is 1. The number of aryl methyl sites for hydroxylation is 1. The second-order valence-corrected chi connectivity index (χ2v) is 9.64. The number of thiophene rings is 1. The molecule has 1 heterocycles. The van der Waals surface area contributed by atoms with Gasteiger partial charge in [0.15, 0.2) is 0 Å². The Morgan fingerprint density at radius 1 is 1.29 bits per heavy atom. The maximum absolute atomic E-state index is 12.4. The Bertz CT molecular complexity index is 680. The van der Waals surface area contributed by atoms with Crippen molar-refractivity contribution in [1.82, 2.24) is 4.72 Å². The van der Waals surface area contributed by atoms with Crippen molar-refractivity contribution in [3.8, 4) is 0 Å². The van der Waals surface area contributed by atoms with Gasteiger partial charge >= 0.3 is 0 Å². The lowest BCUT2D eigenvalue weighted by Crippen LogP contribution is -2.37. The summed E-state index contributed by atoms with van der Waals surface area (Å²) in [6.07, 6.45) is 0.650. The molecule has 0 radical (unpaired) electrons. The summed E-state index contributed by atoms with van der Waals surface area (Å²) in [5, 5.41) is 0.562. The first-order chi connectivity index (χ1) is 9.92. The summed E-state index contributed by atoms with van der Waals surface area (Å²) in [5.74, 6) is 0. The summed E-state index contributed by atoms with van der Waals surface area (Å²) in [4.78, 5) is 0. The fourth-order valence-electron chi connectivity index (χ4n) is 1.87. The molecule has 0 aliphatic carbocycles. The number of hydrogen-bond acceptors (Lipinski definition) is 3. The summed E-state index contributed by atoms with van der Waals surface area (Å²) < 4.78 is 28.8. The van der Waals surface area contributed by atoms with Crippen LogP contribution in [-0.4, -0.2) is 19.8 Å². The molecule has 0 fully saturated rings.